The van der Waals surface area contributed by atoms with E-state index < -0.39 is 66.7 Å². The maximum absolute atomic E-state index is 14.3. The van der Waals surface area contributed by atoms with Gasteiger partial charge in [-0.3, -0.25) is 14.5 Å². The number of rotatable bonds is 15. The molecule has 4 aromatic rings. The van der Waals surface area contributed by atoms with E-state index in [1.165, 1.54) is 0 Å². The Kier molecular flexibility index (Phi) is 12.7. The van der Waals surface area contributed by atoms with Crippen LogP contribution in [0.5, 0.6) is 0 Å². The van der Waals surface area contributed by atoms with Crippen LogP contribution < -0.4 is 0 Å². The first-order valence-corrected chi connectivity index (χ1v) is 18.4. The fourth-order valence-corrected chi connectivity index (χ4v) is 7.49. The van der Waals surface area contributed by atoms with Crippen molar-refractivity contribution in [2.24, 2.45) is 10.2 Å². The highest BCUT2D eigenvalue weighted by molar-refractivity contribution is 6.21. The summed E-state index contributed by atoms with van der Waals surface area (Å²) in [4.78, 5) is 35.6. The van der Waals surface area contributed by atoms with Crippen molar-refractivity contribution >= 4 is 11.8 Å². The molecule has 1 saturated carbocycles. The maximum atomic E-state index is 14.3. The number of carbonyl (C=O) groups is 2. The summed E-state index contributed by atoms with van der Waals surface area (Å²) < 4.78 is 33.2. The Morgan fingerprint density at radius 1 is 0.679 bits per heavy atom. The number of hydrogen-bond donors (Lipinski definition) is 1. The van der Waals surface area contributed by atoms with Crippen LogP contribution in [0.2, 0.25) is 0 Å². The summed E-state index contributed by atoms with van der Waals surface area (Å²) in [6, 6.07) is 32.2. The minimum absolute atomic E-state index is 0.000271. The van der Waals surface area contributed by atoms with Crippen molar-refractivity contribution in [1.29, 1.82) is 0 Å². The minimum Gasteiger partial charge on any atom is -0.393 e. The van der Waals surface area contributed by atoms with Crippen LogP contribution in [0.15, 0.2) is 125 Å². The van der Waals surface area contributed by atoms with Crippen LogP contribution in [0, 0.1) is 0 Å². The number of benzene rings is 4. The van der Waals surface area contributed by atoms with E-state index in [-0.39, 0.29) is 50.4 Å². The molecule has 2 fully saturated rings. The first-order chi connectivity index (χ1) is 27.4. The molecule has 0 aromatic heterocycles. The lowest BCUT2D eigenvalue weighted by Crippen LogP contribution is -2.67. The lowest BCUT2D eigenvalue weighted by atomic mass is 9.86. The first-order valence-electron chi connectivity index (χ1n) is 18.4. The second kappa shape index (κ2) is 18.4. The van der Waals surface area contributed by atoms with Gasteiger partial charge in [0.15, 0.2) is 6.29 Å². The first kappa shape index (κ1) is 38.7. The van der Waals surface area contributed by atoms with Gasteiger partial charge in [-0.05, 0) is 46.3 Å². The van der Waals surface area contributed by atoms with Crippen LogP contribution in [-0.4, -0.2) is 83.4 Å². The van der Waals surface area contributed by atoms with Crippen molar-refractivity contribution in [3.63, 3.8) is 0 Å². The molecule has 3 aliphatic rings. The lowest BCUT2D eigenvalue weighted by molar-refractivity contribution is -0.312. The highest BCUT2D eigenvalue weighted by Gasteiger charge is 2.56. The van der Waals surface area contributed by atoms with Gasteiger partial charge >= 0.3 is 0 Å². The molecule has 0 spiro atoms. The Morgan fingerprint density at radius 2 is 1.18 bits per heavy atom. The quantitative estimate of drug-likeness (QED) is 0.0600. The maximum Gasteiger partial charge on any atom is 0.262 e. The normalized spacial score (nSPS) is 27.2. The Balaban J connectivity index is 1.30. The number of imide groups is 1. The van der Waals surface area contributed by atoms with Crippen LogP contribution >= 0.6 is 0 Å². The zero-order chi connectivity index (χ0) is 38.9. The highest BCUT2D eigenvalue weighted by atomic mass is 16.7. The number of aliphatic hydroxyl groups is 1. The second-order valence-electron chi connectivity index (χ2n) is 13.8. The van der Waals surface area contributed by atoms with E-state index in [9.17, 15) is 20.2 Å². The standard InChI is InChI=1S/C41H41N7O8/c42-46-44-31-20-32(45-47-43)34(21-33(31)49)55-41-36(48-39(50)29-18-10-11-19-30(29)40(48)51)38(54-24-28-16-8-3-9-17-28)37(53-23-27-14-6-2-7-15-27)35(56-41)25-52-22-26-12-4-1-5-13-26/h1-19,31-38,41,49H,20-25H2/t31-,32-,33-,34-,35-,36-,37-,38-,41-/m1/s1. The Bertz CT molecular complexity index is 2010. The fourth-order valence-electron chi connectivity index (χ4n) is 7.49. The molecule has 56 heavy (non-hydrogen) atoms. The van der Waals surface area contributed by atoms with E-state index in [1.54, 1.807) is 24.3 Å². The van der Waals surface area contributed by atoms with E-state index in [1.807, 2.05) is 91.0 Å². The van der Waals surface area contributed by atoms with Crippen molar-refractivity contribution in [3.05, 3.63) is 164 Å². The summed E-state index contributed by atoms with van der Waals surface area (Å²) in [6.45, 7) is 0.478. The summed E-state index contributed by atoms with van der Waals surface area (Å²) in [7, 11) is 0. The monoisotopic (exact) mass is 759 g/mol. The Hall–Kier alpha value is -5.60. The van der Waals surface area contributed by atoms with Crippen LogP contribution in [0.4, 0.5) is 0 Å². The van der Waals surface area contributed by atoms with Crippen molar-refractivity contribution in [2.75, 3.05) is 6.61 Å². The summed E-state index contributed by atoms with van der Waals surface area (Å²) in [5, 5.41) is 18.7. The van der Waals surface area contributed by atoms with E-state index in [4.69, 9.17) is 29.2 Å². The summed E-state index contributed by atoms with van der Waals surface area (Å²) in [5.74, 6) is -1.14. The van der Waals surface area contributed by atoms with Gasteiger partial charge in [-0.15, -0.1) is 0 Å². The predicted octanol–water partition coefficient (Wildman–Crippen LogP) is 6.66. The molecule has 4 aromatic carbocycles. The third-order valence-electron chi connectivity index (χ3n) is 10.2. The van der Waals surface area contributed by atoms with Crippen LogP contribution in [-0.2, 0) is 43.5 Å². The number of ether oxygens (including phenoxy) is 5. The Morgan fingerprint density at radius 3 is 1.73 bits per heavy atom. The lowest BCUT2D eigenvalue weighted by Gasteiger charge is -2.49. The third kappa shape index (κ3) is 8.76. The van der Waals surface area contributed by atoms with E-state index in [0.29, 0.717) is 0 Å². The van der Waals surface area contributed by atoms with Gasteiger partial charge in [0.25, 0.3) is 11.8 Å². The van der Waals surface area contributed by atoms with Crippen LogP contribution in [0.1, 0.15) is 50.2 Å². The number of hydrogen-bond acceptors (Lipinski definition) is 10. The van der Waals surface area contributed by atoms with E-state index in [2.05, 4.69) is 20.1 Å². The summed E-state index contributed by atoms with van der Waals surface area (Å²) in [5.41, 5.74) is 21.7. The molecule has 1 aliphatic carbocycles. The smallest absolute Gasteiger partial charge is 0.262 e. The zero-order valence-corrected chi connectivity index (χ0v) is 30.3. The molecule has 1 saturated heterocycles. The molecule has 0 unspecified atom stereocenters. The predicted molar refractivity (Wildman–Crippen MR) is 202 cm³/mol. The number of amides is 2. The molecule has 2 aliphatic heterocycles. The van der Waals surface area contributed by atoms with E-state index in [0.717, 1.165) is 21.6 Å². The van der Waals surface area contributed by atoms with Gasteiger partial charge in [-0.1, -0.05) is 113 Å². The van der Waals surface area contributed by atoms with Gasteiger partial charge in [-0.25, -0.2) is 0 Å². The van der Waals surface area contributed by atoms with Crippen molar-refractivity contribution < 1.29 is 38.4 Å². The topological polar surface area (TPSA) is 201 Å². The van der Waals surface area contributed by atoms with Crippen molar-refractivity contribution in [2.45, 2.75) is 87.6 Å². The molecule has 15 nitrogen and oxygen atoms in total. The van der Waals surface area contributed by atoms with Gasteiger partial charge < -0.3 is 28.8 Å². The largest absolute Gasteiger partial charge is 0.393 e. The molecule has 1 N–H and O–H groups in total. The summed E-state index contributed by atoms with van der Waals surface area (Å²) >= 11 is 0. The molecule has 9 atom stereocenters. The fraction of sp³-hybridized carbons (Fsp3) is 0.366. The number of carbonyl (C=O) groups excluding carboxylic acids is 2. The van der Waals surface area contributed by atoms with Gasteiger partial charge in [0, 0.05) is 16.2 Å². The number of aliphatic hydroxyl groups excluding tert-OH is 1. The average molecular weight is 760 g/mol. The minimum atomic E-state index is -1.38. The molecular weight excluding hydrogens is 718 g/mol. The number of fused-ring (bicyclic) bond motifs is 1. The molecule has 7 rings (SSSR count). The SMILES string of the molecule is [N-]=[N+]=N[C@@H]1C[C@@H](N=[N+]=[N-])[C@H](O[C@@H]2O[C@H](COCc3ccccc3)[C@@H](OCc3ccccc3)[C@H](OCc3ccccc3)[C@H]2N2C(=O)c3ccccc3C2=O)C[C@H]1O. The van der Waals surface area contributed by atoms with Crippen LogP contribution in [0.25, 0.3) is 20.9 Å². The molecule has 288 valence electrons. The molecule has 2 heterocycles. The van der Waals surface area contributed by atoms with Gasteiger partial charge in [0.2, 0.25) is 0 Å². The molecule has 2 amide bonds. The van der Waals surface area contributed by atoms with Crippen molar-refractivity contribution in [3.8, 4) is 0 Å². The molecule has 15 heteroatoms. The van der Waals surface area contributed by atoms with Crippen molar-refractivity contribution in [1.82, 2.24) is 4.90 Å². The Labute approximate surface area is 323 Å². The molecular formula is C41H41N7O8. The highest BCUT2D eigenvalue weighted by Crippen LogP contribution is 2.38. The number of azide groups is 2. The zero-order valence-electron chi connectivity index (χ0n) is 30.3. The van der Waals surface area contributed by atoms with Gasteiger partial charge in [-0.2, -0.15) is 0 Å². The average Bonchev–Trinajstić information content (AvgIpc) is 3.47. The van der Waals surface area contributed by atoms with Crippen LogP contribution in [0.3, 0.4) is 0 Å². The molecule has 0 bridgehead atoms. The van der Waals surface area contributed by atoms with Gasteiger partial charge in [0.05, 0.1) is 61.8 Å². The summed E-state index contributed by atoms with van der Waals surface area (Å²) in [6.07, 6.45) is -6.44. The second-order valence-corrected chi connectivity index (χ2v) is 13.8. The third-order valence-corrected chi connectivity index (χ3v) is 10.2. The number of nitrogens with zero attached hydrogens (tertiary/aromatic N) is 7. The van der Waals surface area contributed by atoms with E-state index >= 15 is 0 Å². The molecule has 0 radical (unpaired) electrons. The van der Waals surface area contributed by atoms with Gasteiger partial charge in [0.1, 0.15) is 24.4 Å².